The van der Waals surface area contributed by atoms with Crippen LogP contribution in [-0.2, 0) is 14.2 Å². The van der Waals surface area contributed by atoms with Gasteiger partial charge in [0.1, 0.15) is 39.2 Å². The highest BCUT2D eigenvalue weighted by molar-refractivity contribution is 6.08. The molecule has 3 aromatic heterocycles. The van der Waals surface area contributed by atoms with Gasteiger partial charge >= 0.3 is 5.69 Å². The van der Waals surface area contributed by atoms with Crippen LogP contribution < -0.4 is 5.73 Å². The Morgan fingerprint density at radius 3 is 1.33 bits per heavy atom. The number of fused-ring (bicyclic) bond motifs is 9. The number of ether oxygens (including phenoxy) is 3. The van der Waals surface area contributed by atoms with Gasteiger partial charge in [-0.25, -0.2) is 0 Å². The highest BCUT2D eigenvalue weighted by Gasteiger charge is 2.25. The van der Waals surface area contributed by atoms with Gasteiger partial charge in [0, 0.05) is 88.9 Å². The van der Waals surface area contributed by atoms with Crippen LogP contribution >= 0.6 is 0 Å². The maximum atomic E-state index is 10.9. The van der Waals surface area contributed by atoms with E-state index in [0.29, 0.717) is 58.8 Å². The molecule has 0 spiro atoms. The number of phenols is 2. The summed E-state index contributed by atoms with van der Waals surface area (Å²) in [5, 5.41) is 45.7. The highest BCUT2D eigenvalue weighted by atomic mass is 16.9. The average Bonchev–Trinajstić information content (AvgIpc) is 3.88. The van der Waals surface area contributed by atoms with Gasteiger partial charge in [-0.05, 0) is 58.0 Å². The molecule has 60 heavy (non-hydrogen) atoms. The number of aromatic hydroxyl groups is 2. The van der Waals surface area contributed by atoms with Crippen molar-refractivity contribution in [2.24, 2.45) is 0 Å². The lowest BCUT2D eigenvalue weighted by atomic mass is 10.1. The SMILES string of the molecule is CCOC(C)(OCC)OCC.Cc1cc2oc3ccccc3c2cc1[N+](=O)[O-].Nc1cc2c(cc1O)oc1ccccc12.O=[N+]([O-])c1cc2c(cc1O)oc1ccccc12. The molecule has 4 N–H and O–H groups in total. The fourth-order valence-corrected chi connectivity index (χ4v) is 6.64. The Kier molecular flexibility index (Phi) is 12.8. The van der Waals surface area contributed by atoms with Crippen molar-refractivity contribution >= 4 is 82.9 Å². The van der Waals surface area contributed by atoms with Gasteiger partial charge in [-0.3, -0.25) is 20.2 Å². The molecule has 0 aliphatic heterocycles. The number of nitrogen functional groups attached to an aromatic ring is 1. The van der Waals surface area contributed by atoms with E-state index in [1.807, 2.05) is 87.5 Å². The van der Waals surface area contributed by atoms with E-state index >= 15 is 0 Å². The maximum absolute atomic E-state index is 10.9. The molecule has 9 aromatic rings. The first-order valence-corrected chi connectivity index (χ1v) is 18.9. The Labute approximate surface area is 342 Å². The van der Waals surface area contributed by atoms with E-state index in [2.05, 4.69) is 0 Å². The van der Waals surface area contributed by atoms with E-state index in [0.717, 1.165) is 38.1 Å². The molecule has 0 amide bonds. The summed E-state index contributed by atoms with van der Waals surface area (Å²) in [6, 6.07) is 31.7. The maximum Gasteiger partial charge on any atom is 0.311 e. The molecular formula is C45H43N3O12. The van der Waals surface area contributed by atoms with E-state index < -0.39 is 10.9 Å². The lowest BCUT2D eigenvalue weighted by molar-refractivity contribution is -0.385. The minimum Gasteiger partial charge on any atom is -0.506 e. The number of benzene rings is 6. The van der Waals surface area contributed by atoms with Crippen LogP contribution in [0.4, 0.5) is 17.1 Å². The molecule has 15 nitrogen and oxygen atoms in total. The number of rotatable bonds is 8. The monoisotopic (exact) mass is 817 g/mol. The molecule has 0 aliphatic rings. The summed E-state index contributed by atoms with van der Waals surface area (Å²) in [7, 11) is 0. The Morgan fingerprint density at radius 1 is 0.550 bits per heavy atom. The summed E-state index contributed by atoms with van der Waals surface area (Å²) >= 11 is 0. The van der Waals surface area contributed by atoms with Crippen molar-refractivity contribution in [3.63, 3.8) is 0 Å². The second kappa shape index (κ2) is 18.2. The molecule has 0 aliphatic carbocycles. The van der Waals surface area contributed by atoms with Crippen LogP contribution in [0.3, 0.4) is 0 Å². The molecule has 0 radical (unpaired) electrons. The van der Waals surface area contributed by atoms with Gasteiger partial charge in [-0.15, -0.1) is 0 Å². The quantitative estimate of drug-likeness (QED) is 0.0427. The molecule has 9 rings (SSSR count). The number of phenolic OH excluding ortho intramolecular Hbond substituents is 2. The summed E-state index contributed by atoms with van der Waals surface area (Å²) in [6.45, 7) is 11.0. The van der Waals surface area contributed by atoms with Crippen LogP contribution in [0.25, 0.3) is 65.8 Å². The van der Waals surface area contributed by atoms with Crippen molar-refractivity contribution in [1.29, 1.82) is 0 Å². The molecule has 310 valence electrons. The highest BCUT2D eigenvalue weighted by Crippen LogP contribution is 2.37. The molecule has 0 saturated heterocycles. The van der Waals surface area contributed by atoms with Crippen LogP contribution in [0.5, 0.6) is 11.5 Å². The van der Waals surface area contributed by atoms with Crippen molar-refractivity contribution in [1.82, 2.24) is 0 Å². The van der Waals surface area contributed by atoms with Gasteiger partial charge < -0.3 is 43.4 Å². The normalized spacial score (nSPS) is 11.3. The zero-order chi connectivity index (χ0) is 43.1. The number of furan rings is 3. The molecule has 0 bridgehead atoms. The summed E-state index contributed by atoms with van der Waals surface area (Å²) in [4.78, 5) is 20.7. The largest absolute Gasteiger partial charge is 0.506 e. The minimum absolute atomic E-state index is 0.0570. The number of hydrogen-bond donors (Lipinski definition) is 3. The van der Waals surface area contributed by atoms with Crippen molar-refractivity contribution in [2.45, 2.75) is 40.6 Å². The van der Waals surface area contributed by atoms with Crippen molar-refractivity contribution in [2.75, 3.05) is 25.6 Å². The zero-order valence-electron chi connectivity index (χ0n) is 33.5. The van der Waals surface area contributed by atoms with Gasteiger partial charge in [0.15, 0.2) is 5.75 Å². The smallest absolute Gasteiger partial charge is 0.311 e. The summed E-state index contributed by atoms with van der Waals surface area (Å²) in [5.74, 6) is -1.18. The lowest BCUT2D eigenvalue weighted by Gasteiger charge is -2.27. The fraction of sp³-hybridized carbons (Fsp3) is 0.200. The molecule has 6 aromatic carbocycles. The number of nitro benzene ring substituents is 2. The number of hydrogen-bond acceptors (Lipinski definition) is 13. The number of anilines is 1. The number of aryl methyl sites for hydroxylation is 1. The van der Waals surface area contributed by atoms with Gasteiger partial charge in [-0.2, -0.15) is 0 Å². The van der Waals surface area contributed by atoms with Crippen molar-refractivity contribution in [3.05, 3.63) is 135 Å². The van der Waals surface area contributed by atoms with E-state index in [-0.39, 0.29) is 27.8 Å². The molecule has 0 atom stereocenters. The summed E-state index contributed by atoms with van der Waals surface area (Å²) < 4.78 is 32.5. The summed E-state index contributed by atoms with van der Waals surface area (Å²) in [6.07, 6.45) is 0. The van der Waals surface area contributed by atoms with E-state index in [1.54, 1.807) is 44.2 Å². The van der Waals surface area contributed by atoms with Crippen LogP contribution in [0.2, 0.25) is 0 Å². The van der Waals surface area contributed by atoms with Crippen LogP contribution in [0.1, 0.15) is 33.3 Å². The topological polar surface area (TPSA) is 220 Å². The third-order valence-electron chi connectivity index (χ3n) is 9.31. The predicted octanol–water partition coefficient (Wildman–Crippen LogP) is 11.6. The standard InChI is InChI=1S/C13H9NO3.C12H7NO4.C12H9NO2.C8H18O3/c1-8-6-13-10(7-11(8)14(15)16)9-4-2-3-5-12(9)17-13;14-10-6-12-8(5-9(10)13(15)16)7-3-1-2-4-11(7)17-12;13-9-5-8-7-3-1-2-4-11(7)15-12(8)6-10(9)14;1-5-9-8(4,10-6-2)11-7-3/h2-7H,1H3;1-6,14H;1-6,14H,13H2;5-7H2,1-4H3. The van der Waals surface area contributed by atoms with Crippen molar-refractivity contribution < 1.29 is 47.5 Å². The summed E-state index contributed by atoms with van der Waals surface area (Å²) in [5.41, 5.74) is 10.4. The number of para-hydroxylation sites is 3. The molecule has 0 fully saturated rings. The molecule has 3 heterocycles. The number of nitrogens with two attached hydrogens (primary N) is 1. The molecule has 0 unspecified atom stereocenters. The van der Waals surface area contributed by atoms with Crippen LogP contribution in [0.15, 0.2) is 122 Å². The number of nitro groups is 2. The Morgan fingerprint density at radius 2 is 0.917 bits per heavy atom. The second-order valence-electron chi connectivity index (χ2n) is 13.3. The Bertz CT molecular complexity index is 2820. The molecule has 0 saturated carbocycles. The first kappa shape index (κ1) is 42.4. The van der Waals surface area contributed by atoms with Crippen LogP contribution in [0, 0.1) is 27.2 Å². The number of nitrogens with zero attached hydrogens (tertiary/aromatic N) is 2. The first-order valence-electron chi connectivity index (χ1n) is 18.9. The molecular weight excluding hydrogens is 775 g/mol. The van der Waals surface area contributed by atoms with E-state index in [4.69, 9.17) is 33.2 Å². The van der Waals surface area contributed by atoms with E-state index in [9.17, 15) is 30.4 Å². The van der Waals surface area contributed by atoms with Crippen LogP contribution in [-0.4, -0.2) is 45.9 Å². The van der Waals surface area contributed by atoms with Crippen molar-refractivity contribution in [3.8, 4) is 11.5 Å². The Balaban J connectivity index is 0.000000136. The lowest BCUT2D eigenvalue weighted by Crippen LogP contribution is -2.35. The van der Waals surface area contributed by atoms with E-state index in [1.165, 1.54) is 12.1 Å². The average molecular weight is 818 g/mol. The van der Waals surface area contributed by atoms with Gasteiger partial charge in [0.2, 0.25) is 0 Å². The minimum atomic E-state index is -0.849. The first-order chi connectivity index (χ1) is 28.8. The zero-order valence-corrected chi connectivity index (χ0v) is 33.5. The predicted molar refractivity (Wildman–Crippen MR) is 230 cm³/mol. The third-order valence-corrected chi connectivity index (χ3v) is 9.31. The van der Waals surface area contributed by atoms with Gasteiger partial charge in [0.05, 0.1) is 15.5 Å². The Hall–Kier alpha value is -7.20. The van der Waals surface area contributed by atoms with Gasteiger partial charge in [-0.1, -0.05) is 54.6 Å². The second-order valence-corrected chi connectivity index (χ2v) is 13.3. The van der Waals surface area contributed by atoms with Gasteiger partial charge in [0.25, 0.3) is 11.7 Å². The fourth-order valence-electron chi connectivity index (χ4n) is 6.64. The third kappa shape index (κ3) is 9.08. The molecule has 15 heteroatoms.